The molecule has 0 heterocycles. The summed E-state index contributed by atoms with van der Waals surface area (Å²) < 4.78 is 0. The number of allylic oxidation sites excluding steroid dienone is 2. The number of aliphatic imine (C=N–C) groups is 1. The number of amides is 1. The highest BCUT2D eigenvalue weighted by Crippen LogP contribution is 1.94. The van der Waals surface area contributed by atoms with Crippen molar-refractivity contribution in [2.75, 3.05) is 6.54 Å². The van der Waals surface area contributed by atoms with E-state index >= 15 is 0 Å². The van der Waals surface area contributed by atoms with Crippen LogP contribution in [0.15, 0.2) is 16.8 Å². The van der Waals surface area contributed by atoms with E-state index in [0.29, 0.717) is 0 Å². The Morgan fingerprint density at radius 1 is 1.62 bits per heavy atom. The summed E-state index contributed by atoms with van der Waals surface area (Å²) >= 11 is 0. The lowest BCUT2D eigenvalue weighted by atomic mass is 10.2. The van der Waals surface area contributed by atoms with Crippen molar-refractivity contribution in [3.8, 4) is 0 Å². The molecule has 0 aromatic rings. The lowest BCUT2D eigenvalue weighted by molar-refractivity contribution is -0.123. The third-order valence-electron chi connectivity index (χ3n) is 1.52. The smallest absolute Gasteiger partial charge is 0.226 e. The summed E-state index contributed by atoms with van der Waals surface area (Å²) in [5, 5.41) is 2.77. The number of hydrogen-bond acceptors (Lipinski definition) is 2. The van der Waals surface area contributed by atoms with Crippen LogP contribution in [0, 0.1) is 5.92 Å². The van der Waals surface area contributed by atoms with E-state index in [9.17, 15) is 4.79 Å². The van der Waals surface area contributed by atoms with Crippen LogP contribution >= 0.6 is 0 Å². The quantitative estimate of drug-likeness (QED) is 0.667. The van der Waals surface area contributed by atoms with Gasteiger partial charge in [-0.2, -0.15) is 0 Å². The number of nitrogens with zero attached hydrogens (tertiary/aromatic N) is 1. The molecule has 0 radical (unpaired) electrons. The Kier molecular flexibility index (Phi) is 5.85. The van der Waals surface area contributed by atoms with Crippen molar-refractivity contribution in [3.63, 3.8) is 0 Å². The Balaban J connectivity index is 0. The van der Waals surface area contributed by atoms with E-state index in [1.807, 2.05) is 33.8 Å². The van der Waals surface area contributed by atoms with Gasteiger partial charge in [0, 0.05) is 20.1 Å². The van der Waals surface area contributed by atoms with E-state index in [2.05, 4.69) is 10.3 Å². The van der Waals surface area contributed by atoms with Crippen molar-refractivity contribution in [1.82, 2.24) is 5.32 Å². The second kappa shape index (κ2) is 6.40. The summed E-state index contributed by atoms with van der Waals surface area (Å²) in [5.74, 6) is 0.0284. The van der Waals surface area contributed by atoms with E-state index in [1.165, 1.54) is 0 Å². The molecule has 0 aliphatic rings. The molecule has 0 aliphatic carbocycles. The topological polar surface area (TPSA) is 41.5 Å². The number of hydrogen-bond donors (Lipinski definition) is 1. The molecule has 0 saturated carbocycles. The van der Waals surface area contributed by atoms with Gasteiger partial charge in [-0.1, -0.05) is 19.9 Å². The van der Waals surface area contributed by atoms with Gasteiger partial charge in [-0.3, -0.25) is 9.79 Å². The number of carbonyl (C=O) groups excluding carboxylic acids is 1. The Hall–Kier alpha value is -1.12. The predicted molar refractivity (Wildman–Crippen MR) is 57.9 cm³/mol. The number of carbonyl (C=O) groups is 1. The van der Waals surface area contributed by atoms with Gasteiger partial charge in [-0.05, 0) is 13.8 Å². The predicted octanol–water partition coefficient (Wildman–Crippen LogP) is 2.00. The highest BCUT2D eigenvalue weighted by atomic mass is 16.1. The Morgan fingerprint density at radius 3 is 2.62 bits per heavy atom. The Labute approximate surface area is 81.4 Å². The minimum Gasteiger partial charge on any atom is -0.325 e. The van der Waals surface area contributed by atoms with Gasteiger partial charge in [0.25, 0.3) is 0 Å². The van der Waals surface area contributed by atoms with E-state index in [-0.39, 0.29) is 13.3 Å². The van der Waals surface area contributed by atoms with Gasteiger partial charge in [0.1, 0.15) is 0 Å². The van der Waals surface area contributed by atoms with Crippen molar-refractivity contribution >= 4 is 12.1 Å². The monoisotopic (exact) mass is 184 g/mol. The van der Waals surface area contributed by atoms with Crippen LogP contribution in [-0.4, -0.2) is 18.7 Å². The molecule has 76 valence electrons. The molecule has 0 unspecified atom stereocenters. The minimum atomic E-state index is 0. The zero-order chi connectivity index (χ0) is 10.3. The highest BCUT2D eigenvalue weighted by molar-refractivity contribution is 5.88. The van der Waals surface area contributed by atoms with Gasteiger partial charge in [0.2, 0.25) is 5.91 Å². The van der Waals surface area contributed by atoms with Gasteiger partial charge in [-0.15, -0.1) is 0 Å². The third kappa shape index (κ3) is 5.17. The third-order valence-corrected chi connectivity index (χ3v) is 1.52. The first-order valence-electron chi connectivity index (χ1n) is 4.58. The SMILES string of the molecule is C/C=C(\C=NCC)NC(=O)C(C)C.[HH]. The fourth-order valence-electron chi connectivity index (χ4n) is 0.655. The van der Waals surface area contributed by atoms with E-state index in [1.54, 1.807) is 6.21 Å². The molecule has 1 amide bonds. The van der Waals surface area contributed by atoms with Crippen molar-refractivity contribution < 1.29 is 6.22 Å². The summed E-state index contributed by atoms with van der Waals surface area (Å²) in [7, 11) is 0. The van der Waals surface area contributed by atoms with Crippen molar-refractivity contribution in [2.24, 2.45) is 10.9 Å². The maximum absolute atomic E-state index is 11.3. The largest absolute Gasteiger partial charge is 0.325 e. The fraction of sp³-hybridized carbons (Fsp3) is 0.600. The average molecular weight is 184 g/mol. The maximum Gasteiger partial charge on any atom is 0.226 e. The van der Waals surface area contributed by atoms with Crippen LogP contribution in [0.25, 0.3) is 0 Å². The van der Waals surface area contributed by atoms with Crippen LogP contribution in [0.3, 0.4) is 0 Å². The molecule has 3 nitrogen and oxygen atoms in total. The Morgan fingerprint density at radius 2 is 2.23 bits per heavy atom. The molecule has 0 spiro atoms. The lowest BCUT2D eigenvalue weighted by Gasteiger charge is -2.06. The zero-order valence-electron chi connectivity index (χ0n) is 8.79. The second-order valence-corrected chi connectivity index (χ2v) is 3.02. The van der Waals surface area contributed by atoms with Crippen molar-refractivity contribution in [2.45, 2.75) is 27.7 Å². The Bertz CT molecular complexity index is 222. The van der Waals surface area contributed by atoms with Crippen LogP contribution in [-0.2, 0) is 4.79 Å². The first kappa shape index (κ1) is 11.9. The van der Waals surface area contributed by atoms with Gasteiger partial charge in [0.05, 0.1) is 5.70 Å². The van der Waals surface area contributed by atoms with Gasteiger partial charge in [0.15, 0.2) is 0 Å². The second-order valence-electron chi connectivity index (χ2n) is 3.02. The highest BCUT2D eigenvalue weighted by Gasteiger charge is 2.06. The molecule has 0 aromatic carbocycles. The standard InChI is InChI=1S/C10H18N2O.H2/c1-5-9(7-11-6-2)12-10(13)8(3)4;/h5,7-8H,6H2,1-4H3,(H,12,13);1H/b9-5+,11-7?;. The van der Waals surface area contributed by atoms with Crippen LogP contribution in [0.1, 0.15) is 29.1 Å². The first-order valence-corrected chi connectivity index (χ1v) is 4.58. The summed E-state index contributed by atoms with van der Waals surface area (Å²) in [6.07, 6.45) is 3.51. The molecular formula is C10H20N2O. The minimum absolute atomic E-state index is 0. The molecule has 0 bridgehead atoms. The van der Waals surface area contributed by atoms with Crippen LogP contribution in [0.2, 0.25) is 0 Å². The van der Waals surface area contributed by atoms with E-state index in [0.717, 1.165) is 12.2 Å². The maximum atomic E-state index is 11.3. The normalized spacial score (nSPS) is 12.5. The molecule has 13 heavy (non-hydrogen) atoms. The molecule has 0 fully saturated rings. The molecule has 0 atom stereocenters. The van der Waals surface area contributed by atoms with Crippen LogP contribution < -0.4 is 5.32 Å². The van der Waals surface area contributed by atoms with Gasteiger partial charge < -0.3 is 5.32 Å². The molecule has 0 aromatic heterocycles. The van der Waals surface area contributed by atoms with Crippen LogP contribution in [0.5, 0.6) is 0 Å². The molecule has 0 rings (SSSR count). The molecule has 3 heteroatoms. The van der Waals surface area contributed by atoms with Crippen molar-refractivity contribution in [3.05, 3.63) is 11.8 Å². The van der Waals surface area contributed by atoms with Gasteiger partial charge >= 0.3 is 0 Å². The molecule has 0 aliphatic heterocycles. The number of nitrogens with one attached hydrogen (secondary N) is 1. The summed E-state index contributed by atoms with van der Waals surface area (Å²) in [4.78, 5) is 15.3. The molecular weight excluding hydrogens is 164 g/mol. The van der Waals surface area contributed by atoms with E-state index in [4.69, 9.17) is 0 Å². The zero-order valence-corrected chi connectivity index (χ0v) is 8.79. The van der Waals surface area contributed by atoms with Crippen LogP contribution in [0.4, 0.5) is 0 Å². The molecule has 1 N–H and O–H groups in total. The van der Waals surface area contributed by atoms with Gasteiger partial charge in [-0.25, -0.2) is 0 Å². The summed E-state index contributed by atoms with van der Waals surface area (Å²) in [6.45, 7) is 8.28. The summed E-state index contributed by atoms with van der Waals surface area (Å²) in [5.41, 5.74) is 0.764. The van der Waals surface area contributed by atoms with E-state index < -0.39 is 0 Å². The number of rotatable bonds is 4. The summed E-state index contributed by atoms with van der Waals surface area (Å²) in [6, 6.07) is 0. The van der Waals surface area contributed by atoms with Crippen molar-refractivity contribution in [1.29, 1.82) is 0 Å². The fourth-order valence-corrected chi connectivity index (χ4v) is 0.655. The molecule has 0 saturated heterocycles. The lowest BCUT2D eigenvalue weighted by Crippen LogP contribution is -2.27. The first-order chi connectivity index (χ1) is 6.11. The average Bonchev–Trinajstić information content (AvgIpc) is 2.11.